The van der Waals surface area contributed by atoms with Gasteiger partial charge >= 0.3 is 0 Å². The summed E-state index contributed by atoms with van der Waals surface area (Å²) in [7, 11) is 0. The van der Waals surface area contributed by atoms with Gasteiger partial charge in [0.25, 0.3) is 11.8 Å². The molecule has 0 saturated carbocycles. The zero-order valence-electron chi connectivity index (χ0n) is 18.9. The van der Waals surface area contributed by atoms with Crippen LogP contribution in [0.5, 0.6) is 0 Å². The van der Waals surface area contributed by atoms with Crippen molar-refractivity contribution in [3.63, 3.8) is 0 Å². The highest BCUT2D eigenvalue weighted by Gasteiger charge is 2.35. The van der Waals surface area contributed by atoms with E-state index in [1.54, 1.807) is 21.9 Å². The molecule has 1 N–H and O–H groups in total. The number of benzene rings is 2. The molecule has 1 heterocycles. The molecule has 1 fully saturated rings. The molecule has 0 spiro atoms. The second-order valence-electron chi connectivity index (χ2n) is 8.11. The summed E-state index contributed by atoms with van der Waals surface area (Å²) < 4.78 is 14.1. The van der Waals surface area contributed by atoms with Crippen molar-refractivity contribution in [1.82, 2.24) is 15.1 Å². The number of hydrogen-bond donors (Lipinski definition) is 1. The molecular formula is C25H29BrFN3O3. The van der Waals surface area contributed by atoms with E-state index < -0.39 is 17.8 Å². The molecule has 1 aliphatic heterocycles. The van der Waals surface area contributed by atoms with Crippen LogP contribution in [0.3, 0.4) is 0 Å². The number of likely N-dealkylation sites (tertiary alicyclic amines) is 1. The molecule has 6 nitrogen and oxygen atoms in total. The normalized spacial score (nSPS) is 15.1. The summed E-state index contributed by atoms with van der Waals surface area (Å²) in [5.41, 5.74) is 0.916. The van der Waals surface area contributed by atoms with Gasteiger partial charge in [0.1, 0.15) is 11.9 Å². The Balaban J connectivity index is 1.73. The van der Waals surface area contributed by atoms with E-state index in [4.69, 9.17) is 0 Å². The Labute approximate surface area is 202 Å². The van der Waals surface area contributed by atoms with Gasteiger partial charge in [-0.1, -0.05) is 22.0 Å². The van der Waals surface area contributed by atoms with Crippen molar-refractivity contribution in [2.75, 3.05) is 26.2 Å². The molecule has 2 aromatic carbocycles. The van der Waals surface area contributed by atoms with Crippen molar-refractivity contribution >= 4 is 33.7 Å². The van der Waals surface area contributed by atoms with E-state index in [1.807, 2.05) is 26.0 Å². The van der Waals surface area contributed by atoms with E-state index in [0.29, 0.717) is 50.1 Å². The molecule has 8 heteroatoms. The maximum atomic E-state index is 13.3. The fourth-order valence-electron chi connectivity index (χ4n) is 4.18. The Hall–Kier alpha value is -2.74. The van der Waals surface area contributed by atoms with Gasteiger partial charge in [0, 0.05) is 41.8 Å². The molecule has 0 bridgehead atoms. The molecule has 3 amide bonds. The summed E-state index contributed by atoms with van der Waals surface area (Å²) in [5, 5.41) is 2.89. The minimum Gasteiger partial charge on any atom is -0.341 e. The van der Waals surface area contributed by atoms with Gasteiger partial charge in [0.15, 0.2) is 0 Å². The number of rotatable bonds is 7. The number of carbonyl (C=O) groups excluding carboxylic acids is 3. The lowest BCUT2D eigenvalue weighted by Gasteiger charge is -2.37. The lowest BCUT2D eigenvalue weighted by molar-refractivity contribution is -0.134. The molecule has 1 aliphatic rings. The first-order valence-corrected chi connectivity index (χ1v) is 12.0. The molecule has 1 saturated heterocycles. The fourth-order valence-corrected chi connectivity index (χ4v) is 4.58. The van der Waals surface area contributed by atoms with Crippen LogP contribution >= 0.6 is 15.9 Å². The van der Waals surface area contributed by atoms with Crippen LogP contribution in [0.4, 0.5) is 4.39 Å². The number of likely N-dealkylation sites (N-methyl/N-ethyl adjacent to an activating group) is 1. The number of nitrogens with one attached hydrogen (secondary N) is 1. The average Bonchev–Trinajstić information content (AvgIpc) is 2.83. The second-order valence-corrected chi connectivity index (χ2v) is 9.02. The summed E-state index contributed by atoms with van der Waals surface area (Å²) in [5.74, 6) is -1.11. The topological polar surface area (TPSA) is 69.7 Å². The standard InChI is InChI=1S/C25H29BrFN3O3/c1-3-29(4-2)25(33)22(28-23(31)18-8-10-21(27)11-9-18)17-12-14-30(15-13-17)24(32)19-6-5-7-20(26)16-19/h5-11,16-17,22H,3-4,12-15H2,1-2H3,(H,28,31)/t22-/m1/s1. The van der Waals surface area contributed by atoms with Gasteiger partial charge in [-0.3, -0.25) is 14.4 Å². The Morgan fingerprint density at radius 3 is 2.27 bits per heavy atom. The Kier molecular flexibility index (Phi) is 8.61. The first-order chi connectivity index (χ1) is 15.8. The van der Waals surface area contributed by atoms with Crippen LogP contribution in [0.25, 0.3) is 0 Å². The van der Waals surface area contributed by atoms with Gasteiger partial charge in [-0.05, 0) is 75.1 Å². The largest absolute Gasteiger partial charge is 0.341 e. The number of carbonyl (C=O) groups is 3. The predicted molar refractivity (Wildman–Crippen MR) is 128 cm³/mol. The number of halogens is 2. The zero-order valence-corrected chi connectivity index (χ0v) is 20.5. The maximum Gasteiger partial charge on any atom is 0.253 e. The molecule has 0 aromatic heterocycles. The van der Waals surface area contributed by atoms with E-state index in [-0.39, 0.29) is 17.7 Å². The first kappa shape index (κ1) is 24.9. The fraction of sp³-hybridized carbons (Fsp3) is 0.400. The molecule has 1 atom stereocenters. The van der Waals surface area contributed by atoms with Crippen LogP contribution in [0.15, 0.2) is 53.0 Å². The summed E-state index contributed by atoms with van der Waals surface area (Å²) in [6.45, 7) is 5.89. The zero-order chi connectivity index (χ0) is 24.0. The van der Waals surface area contributed by atoms with Gasteiger partial charge < -0.3 is 15.1 Å². The highest BCUT2D eigenvalue weighted by Crippen LogP contribution is 2.24. The number of hydrogen-bond acceptors (Lipinski definition) is 3. The minimum absolute atomic E-state index is 0.0447. The van der Waals surface area contributed by atoms with Gasteiger partial charge in [0.05, 0.1) is 0 Å². The lowest BCUT2D eigenvalue weighted by Crippen LogP contribution is -2.54. The van der Waals surface area contributed by atoms with Crippen molar-refractivity contribution in [3.05, 3.63) is 69.9 Å². The third-order valence-corrected chi connectivity index (χ3v) is 6.60. The Bertz CT molecular complexity index is 987. The molecular weight excluding hydrogens is 489 g/mol. The van der Waals surface area contributed by atoms with Gasteiger partial charge in [-0.2, -0.15) is 0 Å². The van der Waals surface area contributed by atoms with Crippen LogP contribution in [0, 0.1) is 11.7 Å². The molecule has 2 aromatic rings. The van der Waals surface area contributed by atoms with Gasteiger partial charge in [-0.15, -0.1) is 0 Å². The van der Waals surface area contributed by atoms with E-state index in [0.717, 1.165) is 4.47 Å². The third kappa shape index (κ3) is 6.19. The van der Waals surface area contributed by atoms with Crippen molar-refractivity contribution in [1.29, 1.82) is 0 Å². The van der Waals surface area contributed by atoms with Crippen molar-refractivity contribution < 1.29 is 18.8 Å². The third-order valence-electron chi connectivity index (χ3n) is 6.10. The summed E-state index contributed by atoms with van der Waals surface area (Å²) in [4.78, 5) is 42.5. The van der Waals surface area contributed by atoms with Crippen molar-refractivity contribution in [2.24, 2.45) is 5.92 Å². The summed E-state index contributed by atoms with van der Waals surface area (Å²) >= 11 is 3.40. The van der Waals surface area contributed by atoms with E-state index in [1.165, 1.54) is 24.3 Å². The number of amides is 3. The second kappa shape index (κ2) is 11.4. The monoisotopic (exact) mass is 517 g/mol. The van der Waals surface area contributed by atoms with Crippen molar-refractivity contribution in [3.8, 4) is 0 Å². The highest BCUT2D eigenvalue weighted by atomic mass is 79.9. The highest BCUT2D eigenvalue weighted by molar-refractivity contribution is 9.10. The molecule has 0 radical (unpaired) electrons. The smallest absolute Gasteiger partial charge is 0.253 e. The van der Waals surface area contributed by atoms with Crippen LogP contribution < -0.4 is 5.32 Å². The van der Waals surface area contributed by atoms with Crippen LogP contribution in [0.2, 0.25) is 0 Å². The molecule has 3 rings (SSSR count). The molecule has 33 heavy (non-hydrogen) atoms. The average molecular weight is 518 g/mol. The molecule has 0 unspecified atom stereocenters. The van der Waals surface area contributed by atoms with Crippen LogP contribution in [-0.4, -0.2) is 59.7 Å². The van der Waals surface area contributed by atoms with Gasteiger partial charge in [-0.25, -0.2) is 4.39 Å². The molecule has 0 aliphatic carbocycles. The van der Waals surface area contributed by atoms with Crippen LogP contribution in [-0.2, 0) is 4.79 Å². The SMILES string of the molecule is CCN(CC)C(=O)[C@H](NC(=O)c1ccc(F)cc1)C1CCN(C(=O)c2cccc(Br)c2)CC1. The number of nitrogens with zero attached hydrogens (tertiary/aromatic N) is 2. The Morgan fingerprint density at radius 2 is 1.70 bits per heavy atom. The predicted octanol–water partition coefficient (Wildman–Crippen LogP) is 4.11. The minimum atomic E-state index is -0.703. The number of piperidine rings is 1. The van der Waals surface area contributed by atoms with Crippen LogP contribution in [0.1, 0.15) is 47.4 Å². The quantitative estimate of drug-likeness (QED) is 0.600. The summed E-state index contributed by atoms with van der Waals surface area (Å²) in [6, 6.07) is 11.8. The molecule has 176 valence electrons. The van der Waals surface area contributed by atoms with E-state index in [2.05, 4.69) is 21.2 Å². The van der Waals surface area contributed by atoms with E-state index >= 15 is 0 Å². The van der Waals surface area contributed by atoms with Gasteiger partial charge in [0.2, 0.25) is 5.91 Å². The maximum absolute atomic E-state index is 13.3. The van der Waals surface area contributed by atoms with Crippen molar-refractivity contribution in [2.45, 2.75) is 32.7 Å². The first-order valence-electron chi connectivity index (χ1n) is 11.2. The Morgan fingerprint density at radius 1 is 1.06 bits per heavy atom. The summed E-state index contributed by atoms with van der Waals surface area (Å²) in [6.07, 6.45) is 1.20. The van der Waals surface area contributed by atoms with E-state index in [9.17, 15) is 18.8 Å². The lowest BCUT2D eigenvalue weighted by atomic mass is 9.87.